The molecule has 0 saturated carbocycles. The molecule has 1 aromatic carbocycles. The van der Waals surface area contributed by atoms with Gasteiger partial charge in [-0.1, -0.05) is 6.07 Å². The third kappa shape index (κ3) is 4.09. The molecular weight excluding hydrogens is 375 g/mol. The van der Waals surface area contributed by atoms with Crippen LogP contribution in [-0.4, -0.2) is 28.1 Å². The zero-order valence-corrected chi connectivity index (χ0v) is 16.2. The molecule has 5 nitrogen and oxygen atoms in total. The number of thiophene rings is 1. The van der Waals surface area contributed by atoms with E-state index in [1.807, 2.05) is 42.6 Å². The maximum Gasteiger partial charge on any atom is 0.130 e. The van der Waals surface area contributed by atoms with Crippen LogP contribution in [0.15, 0.2) is 54.3 Å². The second-order valence-electron chi connectivity index (χ2n) is 6.18. The number of nitrogens with zero attached hydrogens (tertiary/aromatic N) is 3. The van der Waals surface area contributed by atoms with E-state index in [4.69, 9.17) is 4.74 Å². The van der Waals surface area contributed by atoms with Gasteiger partial charge in [0.2, 0.25) is 0 Å². The number of rotatable bonds is 7. The molecule has 142 valence electrons. The summed E-state index contributed by atoms with van der Waals surface area (Å²) in [5.41, 5.74) is 2.15. The fourth-order valence-electron chi connectivity index (χ4n) is 2.94. The maximum atomic E-state index is 14.3. The molecule has 0 spiro atoms. The molecule has 3 heterocycles. The van der Waals surface area contributed by atoms with Gasteiger partial charge in [-0.25, -0.2) is 14.4 Å². The van der Waals surface area contributed by atoms with Gasteiger partial charge in [0.1, 0.15) is 23.7 Å². The summed E-state index contributed by atoms with van der Waals surface area (Å²) in [6.07, 6.45) is 3.74. The molecule has 0 saturated heterocycles. The van der Waals surface area contributed by atoms with E-state index in [2.05, 4.69) is 20.3 Å². The summed E-state index contributed by atoms with van der Waals surface area (Å²) in [6.45, 7) is 3.15. The van der Waals surface area contributed by atoms with Crippen molar-refractivity contribution in [2.24, 2.45) is 0 Å². The van der Waals surface area contributed by atoms with E-state index in [1.54, 1.807) is 17.5 Å². The van der Waals surface area contributed by atoms with Gasteiger partial charge in [-0.3, -0.25) is 4.98 Å². The summed E-state index contributed by atoms with van der Waals surface area (Å²) in [5, 5.41) is 6.15. The highest BCUT2D eigenvalue weighted by Crippen LogP contribution is 2.30. The van der Waals surface area contributed by atoms with Crippen LogP contribution in [0.1, 0.15) is 12.5 Å². The van der Waals surface area contributed by atoms with E-state index in [1.165, 1.54) is 12.4 Å². The molecule has 7 heteroatoms. The van der Waals surface area contributed by atoms with Crippen LogP contribution in [0.5, 0.6) is 5.75 Å². The number of halogens is 1. The van der Waals surface area contributed by atoms with E-state index < -0.39 is 0 Å². The van der Waals surface area contributed by atoms with Gasteiger partial charge in [-0.2, -0.15) is 0 Å². The van der Waals surface area contributed by atoms with Crippen LogP contribution in [0.3, 0.4) is 0 Å². The molecule has 4 rings (SSSR count). The average molecular weight is 394 g/mol. The standard InChI is InChI=1S/C21H19FN4OS/c1-2-27-16-9-20(28-12-16)19-11-21(26-13-25-19)24-7-5-14-8-15-4-3-6-23-18(15)10-17(14)22/h3-4,6,8-13H,2,5,7H2,1H3,(H,24,25,26). The van der Waals surface area contributed by atoms with Crippen molar-refractivity contribution in [3.05, 3.63) is 65.7 Å². The Bertz CT molecular complexity index is 1100. The lowest BCUT2D eigenvalue weighted by Crippen LogP contribution is -2.08. The van der Waals surface area contributed by atoms with Crippen LogP contribution in [-0.2, 0) is 6.42 Å². The summed E-state index contributed by atoms with van der Waals surface area (Å²) >= 11 is 1.58. The second-order valence-corrected chi connectivity index (χ2v) is 7.10. The van der Waals surface area contributed by atoms with Crippen molar-refractivity contribution < 1.29 is 9.13 Å². The maximum absolute atomic E-state index is 14.3. The van der Waals surface area contributed by atoms with Gasteiger partial charge in [-0.05, 0) is 31.0 Å². The first-order chi connectivity index (χ1) is 13.7. The SMILES string of the molecule is CCOc1csc(-c2cc(NCCc3cc4cccnc4cc3F)ncn2)c1. The Kier molecular flexibility index (Phi) is 5.43. The topological polar surface area (TPSA) is 59.9 Å². The number of benzene rings is 1. The van der Waals surface area contributed by atoms with Gasteiger partial charge in [0.05, 0.1) is 22.7 Å². The molecule has 28 heavy (non-hydrogen) atoms. The number of hydrogen-bond acceptors (Lipinski definition) is 6. The van der Waals surface area contributed by atoms with Gasteiger partial charge in [0, 0.05) is 41.7 Å². The molecule has 0 unspecified atom stereocenters. The molecule has 3 aromatic heterocycles. The molecule has 0 radical (unpaired) electrons. The molecule has 0 aliphatic rings. The predicted molar refractivity (Wildman–Crippen MR) is 110 cm³/mol. The highest BCUT2D eigenvalue weighted by atomic mass is 32.1. The number of aromatic nitrogens is 3. The Morgan fingerprint density at radius 1 is 1.14 bits per heavy atom. The van der Waals surface area contributed by atoms with Crippen molar-refractivity contribution in [1.82, 2.24) is 15.0 Å². The smallest absolute Gasteiger partial charge is 0.130 e. The Hall–Kier alpha value is -3.06. The summed E-state index contributed by atoms with van der Waals surface area (Å²) in [4.78, 5) is 13.8. The van der Waals surface area contributed by atoms with Gasteiger partial charge in [0.25, 0.3) is 0 Å². The van der Waals surface area contributed by atoms with Crippen LogP contribution < -0.4 is 10.1 Å². The van der Waals surface area contributed by atoms with Crippen molar-refractivity contribution in [1.29, 1.82) is 0 Å². The second kappa shape index (κ2) is 8.31. The lowest BCUT2D eigenvalue weighted by molar-refractivity contribution is 0.342. The zero-order chi connectivity index (χ0) is 19.3. The highest BCUT2D eigenvalue weighted by molar-refractivity contribution is 7.13. The minimum absolute atomic E-state index is 0.238. The number of fused-ring (bicyclic) bond motifs is 1. The Labute approximate surface area is 166 Å². The Morgan fingerprint density at radius 3 is 2.96 bits per heavy atom. The molecule has 0 fully saturated rings. The first-order valence-corrected chi connectivity index (χ1v) is 9.91. The molecular formula is C21H19FN4OS. The quantitative estimate of drug-likeness (QED) is 0.481. The largest absolute Gasteiger partial charge is 0.493 e. The van der Waals surface area contributed by atoms with Crippen molar-refractivity contribution in [2.75, 3.05) is 18.5 Å². The van der Waals surface area contributed by atoms with Gasteiger partial charge in [-0.15, -0.1) is 11.3 Å². The van der Waals surface area contributed by atoms with E-state index in [0.717, 1.165) is 21.7 Å². The lowest BCUT2D eigenvalue weighted by Gasteiger charge is -2.08. The number of hydrogen-bond donors (Lipinski definition) is 1. The van der Waals surface area contributed by atoms with E-state index in [9.17, 15) is 4.39 Å². The third-order valence-electron chi connectivity index (χ3n) is 4.28. The van der Waals surface area contributed by atoms with Crippen LogP contribution in [0.4, 0.5) is 10.2 Å². The van der Waals surface area contributed by atoms with Crippen LogP contribution in [0, 0.1) is 5.82 Å². The minimum atomic E-state index is -0.238. The molecule has 4 aromatic rings. The molecule has 0 amide bonds. The lowest BCUT2D eigenvalue weighted by atomic mass is 10.1. The fourth-order valence-corrected chi connectivity index (χ4v) is 3.74. The van der Waals surface area contributed by atoms with Gasteiger partial charge in [0.15, 0.2) is 0 Å². The first kappa shape index (κ1) is 18.3. The summed E-state index contributed by atoms with van der Waals surface area (Å²) in [7, 11) is 0. The molecule has 0 atom stereocenters. The summed E-state index contributed by atoms with van der Waals surface area (Å²) in [5.74, 6) is 1.31. The molecule has 0 aliphatic heterocycles. The normalized spacial score (nSPS) is 10.9. The average Bonchev–Trinajstić information content (AvgIpc) is 3.18. The molecule has 0 aliphatic carbocycles. The third-order valence-corrected chi connectivity index (χ3v) is 5.21. The highest BCUT2D eigenvalue weighted by Gasteiger charge is 2.08. The molecule has 0 bridgehead atoms. The van der Waals surface area contributed by atoms with Crippen molar-refractivity contribution in [2.45, 2.75) is 13.3 Å². The number of anilines is 1. The van der Waals surface area contributed by atoms with Crippen LogP contribution >= 0.6 is 11.3 Å². The summed E-state index contributed by atoms with van der Waals surface area (Å²) < 4.78 is 19.8. The van der Waals surface area contributed by atoms with Gasteiger partial charge < -0.3 is 10.1 Å². The van der Waals surface area contributed by atoms with E-state index >= 15 is 0 Å². The fraction of sp³-hybridized carbons (Fsp3) is 0.190. The molecule has 1 N–H and O–H groups in total. The Balaban J connectivity index is 1.43. The van der Waals surface area contributed by atoms with Crippen molar-refractivity contribution >= 4 is 28.1 Å². The Morgan fingerprint density at radius 2 is 2.07 bits per heavy atom. The van der Waals surface area contributed by atoms with Gasteiger partial charge >= 0.3 is 0 Å². The van der Waals surface area contributed by atoms with Crippen molar-refractivity contribution in [3.63, 3.8) is 0 Å². The zero-order valence-electron chi connectivity index (χ0n) is 15.4. The first-order valence-electron chi connectivity index (χ1n) is 9.03. The predicted octanol–water partition coefficient (Wildman–Crippen LogP) is 4.95. The van der Waals surface area contributed by atoms with Crippen molar-refractivity contribution in [3.8, 4) is 16.3 Å². The summed E-state index contributed by atoms with van der Waals surface area (Å²) in [6, 6.07) is 11.0. The monoisotopic (exact) mass is 394 g/mol. The number of pyridine rings is 1. The minimum Gasteiger partial charge on any atom is -0.493 e. The van der Waals surface area contributed by atoms with E-state index in [0.29, 0.717) is 36.5 Å². The van der Waals surface area contributed by atoms with Crippen LogP contribution in [0.2, 0.25) is 0 Å². The van der Waals surface area contributed by atoms with E-state index in [-0.39, 0.29) is 5.82 Å². The number of ether oxygens (including phenoxy) is 1. The van der Waals surface area contributed by atoms with Crippen LogP contribution in [0.25, 0.3) is 21.5 Å². The number of nitrogens with one attached hydrogen (secondary N) is 1.